The van der Waals surface area contributed by atoms with Gasteiger partial charge in [-0.15, -0.1) is 0 Å². The minimum atomic E-state index is 0.0311. The first-order chi connectivity index (χ1) is 32.3. The lowest BCUT2D eigenvalue weighted by Gasteiger charge is -2.42. The summed E-state index contributed by atoms with van der Waals surface area (Å²) in [4.78, 5) is 0. The molecule has 5 heteroatoms. The Kier molecular flexibility index (Phi) is 8.46. The molecule has 4 nitrogen and oxygen atoms in total. The lowest BCUT2D eigenvalue weighted by atomic mass is 9.58. The summed E-state index contributed by atoms with van der Waals surface area (Å²) < 4.78 is 16.2. The molecule has 0 fully saturated rings. The van der Waals surface area contributed by atoms with Crippen LogP contribution in [0.2, 0.25) is 0 Å². The maximum atomic E-state index is 7.02. The predicted octanol–water partition coefficient (Wildman–Crippen LogP) is 15.5. The summed E-state index contributed by atoms with van der Waals surface area (Å²) in [6.45, 7) is 16.6. The van der Waals surface area contributed by atoms with Crippen molar-refractivity contribution in [3.8, 4) is 39.5 Å². The van der Waals surface area contributed by atoms with Crippen LogP contribution in [0, 0.1) is 0 Å². The van der Waals surface area contributed by atoms with Crippen molar-refractivity contribution >= 4 is 84.1 Å². The molecule has 0 saturated carbocycles. The summed E-state index contributed by atoms with van der Waals surface area (Å²) in [5, 5.41) is 10.9. The molecule has 1 N–H and O–H groups in total. The fourth-order valence-electron chi connectivity index (χ4n) is 11.6. The van der Waals surface area contributed by atoms with Gasteiger partial charge in [-0.05, 0) is 105 Å². The van der Waals surface area contributed by atoms with Crippen molar-refractivity contribution in [2.24, 2.45) is 0 Å². The summed E-state index contributed by atoms with van der Waals surface area (Å²) >= 11 is 0. The van der Waals surface area contributed by atoms with Crippen LogP contribution in [0.5, 0.6) is 0 Å². The number of hydrogen-bond acceptors (Lipinski definition) is 3. The van der Waals surface area contributed by atoms with E-state index in [2.05, 4.69) is 216 Å². The van der Waals surface area contributed by atoms with Crippen LogP contribution in [0.1, 0.15) is 78.0 Å². The van der Waals surface area contributed by atoms with Gasteiger partial charge in [0.25, 0.3) is 0 Å². The number of aromatic nitrogens is 1. The number of fused-ring (bicyclic) bond motifs is 10. The molecule has 0 bridgehead atoms. The Morgan fingerprint density at radius 1 is 0.537 bits per heavy atom. The number of hydrogen-bond donors (Lipinski definition) is 1. The van der Waals surface area contributed by atoms with E-state index in [9.17, 15) is 0 Å². The summed E-state index contributed by atoms with van der Waals surface area (Å²) in [5.41, 5.74) is 19.3. The Bertz CT molecular complexity index is 3820. The van der Waals surface area contributed by atoms with E-state index in [1.165, 1.54) is 66.2 Å². The quantitative estimate of drug-likeness (QED) is 0.175. The predicted molar refractivity (Wildman–Crippen MR) is 284 cm³/mol. The Hall–Kier alpha value is -7.24. The first-order valence-corrected chi connectivity index (χ1v) is 24.0. The van der Waals surface area contributed by atoms with Crippen LogP contribution in [0.15, 0.2) is 167 Å². The third-order valence-corrected chi connectivity index (χ3v) is 15.4. The highest BCUT2D eigenvalue weighted by atomic mass is 16.3. The number of furan rings is 2. The third-order valence-electron chi connectivity index (χ3n) is 15.4. The minimum Gasteiger partial charge on any atom is -0.456 e. The lowest BCUT2D eigenvalue weighted by Crippen LogP contribution is -2.37. The molecule has 67 heavy (non-hydrogen) atoms. The molecule has 3 aromatic heterocycles. The standard InChI is InChI=1S/C62H53BN2O2/c1-60(2,3)38-22-24-39(25-23-38)64-51-35-49-48(61(4,5)28-29-62(49,6)7)30-43(51)41-26-27-42-44-34-55-45(40-20-14-15-21-54(40)66-55)32-52(44)65-53-33-47-46(31-50(53)63-56(41)57(42)65)58(36-16-10-8-11-17-36)67-59(47)37-18-12-9-13-19-37/h8-27,30-35,63-64H,28-29H2,1-7H3. The van der Waals surface area contributed by atoms with Crippen LogP contribution in [0.25, 0.3) is 94.0 Å². The second-order valence-corrected chi connectivity index (χ2v) is 21.6. The summed E-state index contributed by atoms with van der Waals surface area (Å²) in [5.74, 6) is 1.78. The third kappa shape index (κ3) is 6.13. The van der Waals surface area contributed by atoms with Gasteiger partial charge in [0.15, 0.2) is 7.28 Å². The first kappa shape index (κ1) is 40.1. The van der Waals surface area contributed by atoms with Gasteiger partial charge in [0.05, 0.1) is 5.52 Å². The van der Waals surface area contributed by atoms with Gasteiger partial charge >= 0.3 is 0 Å². The van der Waals surface area contributed by atoms with Crippen molar-refractivity contribution < 1.29 is 8.83 Å². The highest BCUT2D eigenvalue weighted by Crippen LogP contribution is 2.50. The molecule has 2 aliphatic rings. The number of rotatable bonds is 5. The van der Waals surface area contributed by atoms with E-state index >= 15 is 0 Å². The summed E-state index contributed by atoms with van der Waals surface area (Å²) in [6, 6.07) is 58.0. The topological polar surface area (TPSA) is 43.2 Å². The molecule has 13 rings (SSSR count). The van der Waals surface area contributed by atoms with Crippen LogP contribution >= 0.6 is 0 Å². The molecule has 1 aliphatic carbocycles. The molecule has 326 valence electrons. The van der Waals surface area contributed by atoms with Gasteiger partial charge in [-0.3, -0.25) is 0 Å². The van der Waals surface area contributed by atoms with Crippen molar-refractivity contribution in [1.82, 2.24) is 4.57 Å². The van der Waals surface area contributed by atoms with Gasteiger partial charge in [0, 0.05) is 71.6 Å². The van der Waals surface area contributed by atoms with Crippen LogP contribution in [-0.4, -0.2) is 11.8 Å². The van der Waals surface area contributed by atoms with Crippen LogP contribution < -0.4 is 16.2 Å². The SMILES string of the molecule is CC(C)(C)c1ccc(Nc2cc3c(cc2-c2ccc4c5cc6oc7ccccc7c6cc5n5c4c2Bc2cc4c(-c6ccccc6)oc(-c6ccccc6)c4cc2-5)C(C)(C)CCC3(C)C)cc1. The Balaban J connectivity index is 1.12. The molecule has 8 aromatic carbocycles. The van der Waals surface area contributed by atoms with Gasteiger partial charge < -0.3 is 18.7 Å². The average Bonchev–Trinajstić information content (AvgIpc) is 3.99. The number of nitrogens with zero attached hydrogens (tertiary/aromatic N) is 1. The molecule has 0 unspecified atom stereocenters. The van der Waals surface area contributed by atoms with Crippen LogP contribution in [0.3, 0.4) is 0 Å². The van der Waals surface area contributed by atoms with Crippen LogP contribution in [-0.2, 0) is 16.2 Å². The van der Waals surface area contributed by atoms with E-state index in [-0.39, 0.29) is 16.2 Å². The van der Waals surface area contributed by atoms with Crippen molar-refractivity contribution in [2.45, 2.75) is 77.6 Å². The molecular formula is C62H53BN2O2. The normalized spacial score (nSPS) is 15.0. The fraction of sp³-hybridized carbons (Fsp3) is 0.194. The minimum absolute atomic E-state index is 0.0311. The van der Waals surface area contributed by atoms with Gasteiger partial charge in [-0.1, -0.05) is 163 Å². The van der Waals surface area contributed by atoms with E-state index in [0.29, 0.717) is 0 Å². The van der Waals surface area contributed by atoms with Crippen molar-refractivity contribution in [2.75, 3.05) is 5.32 Å². The fourth-order valence-corrected chi connectivity index (χ4v) is 11.6. The highest BCUT2D eigenvalue weighted by molar-refractivity contribution is 6.73. The van der Waals surface area contributed by atoms with E-state index in [1.807, 2.05) is 0 Å². The second kappa shape index (κ2) is 14.1. The molecule has 4 heterocycles. The molecule has 1 aliphatic heterocycles. The summed E-state index contributed by atoms with van der Waals surface area (Å²) in [6.07, 6.45) is 2.30. The van der Waals surface area contributed by atoms with Gasteiger partial charge in [0.1, 0.15) is 22.7 Å². The van der Waals surface area contributed by atoms with E-state index in [4.69, 9.17) is 8.83 Å². The van der Waals surface area contributed by atoms with Crippen molar-refractivity contribution in [3.05, 3.63) is 174 Å². The van der Waals surface area contributed by atoms with Gasteiger partial charge in [0.2, 0.25) is 0 Å². The number of benzene rings is 8. The number of para-hydroxylation sites is 1. The molecule has 0 atom stereocenters. The maximum Gasteiger partial charge on any atom is 0.198 e. The number of nitrogens with one attached hydrogen (secondary N) is 1. The zero-order valence-electron chi connectivity index (χ0n) is 39.4. The van der Waals surface area contributed by atoms with E-state index < -0.39 is 0 Å². The molecule has 0 amide bonds. The molecule has 0 spiro atoms. The Morgan fingerprint density at radius 2 is 1.18 bits per heavy atom. The Labute approximate surface area is 392 Å². The zero-order valence-corrected chi connectivity index (χ0v) is 39.4. The maximum absolute atomic E-state index is 7.02. The Morgan fingerprint density at radius 3 is 1.87 bits per heavy atom. The lowest BCUT2D eigenvalue weighted by molar-refractivity contribution is 0.332. The van der Waals surface area contributed by atoms with Gasteiger partial charge in [-0.2, -0.15) is 0 Å². The monoisotopic (exact) mass is 868 g/mol. The smallest absolute Gasteiger partial charge is 0.198 e. The zero-order chi connectivity index (χ0) is 45.6. The van der Waals surface area contributed by atoms with Crippen LogP contribution in [0.4, 0.5) is 11.4 Å². The van der Waals surface area contributed by atoms with E-state index in [1.54, 1.807) is 0 Å². The molecule has 0 radical (unpaired) electrons. The summed E-state index contributed by atoms with van der Waals surface area (Å²) in [7, 11) is 0.763. The molecule has 0 saturated heterocycles. The van der Waals surface area contributed by atoms with Crippen molar-refractivity contribution in [1.29, 1.82) is 0 Å². The van der Waals surface area contributed by atoms with Crippen molar-refractivity contribution in [3.63, 3.8) is 0 Å². The van der Waals surface area contributed by atoms with Gasteiger partial charge in [-0.25, -0.2) is 0 Å². The highest BCUT2D eigenvalue weighted by Gasteiger charge is 2.39. The van der Waals surface area contributed by atoms with E-state index in [0.717, 1.165) is 86.9 Å². The molecule has 11 aromatic rings. The second-order valence-electron chi connectivity index (χ2n) is 21.6. The average molecular weight is 869 g/mol. The number of anilines is 2. The first-order valence-electron chi connectivity index (χ1n) is 24.0. The largest absolute Gasteiger partial charge is 0.456 e. The molecular weight excluding hydrogens is 816 g/mol.